The summed E-state index contributed by atoms with van der Waals surface area (Å²) in [5.74, 6) is 0. The van der Waals surface area contributed by atoms with Gasteiger partial charge in [0.25, 0.3) is 0 Å². The summed E-state index contributed by atoms with van der Waals surface area (Å²) in [6.07, 6.45) is 0.618. The van der Waals surface area contributed by atoms with Gasteiger partial charge in [0.15, 0.2) is 0 Å². The minimum absolute atomic E-state index is 0.00907. The zero-order valence-electron chi connectivity index (χ0n) is 8.98. The molecular formula is C10H15BrN2O2S. The van der Waals surface area contributed by atoms with Crippen LogP contribution in [0.25, 0.3) is 0 Å². The Morgan fingerprint density at radius 3 is 2.75 bits per heavy atom. The van der Waals surface area contributed by atoms with Crippen molar-refractivity contribution in [3.63, 3.8) is 0 Å². The van der Waals surface area contributed by atoms with E-state index >= 15 is 0 Å². The summed E-state index contributed by atoms with van der Waals surface area (Å²) in [7, 11) is -3.41. The molecule has 0 aliphatic heterocycles. The average molecular weight is 307 g/mol. The Morgan fingerprint density at radius 2 is 2.19 bits per heavy atom. The fourth-order valence-corrected chi connectivity index (χ4v) is 2.78. The van der Waals surface area contributed by atoms with Gasteiger partial charge in [0.2, 0.25) is 10.0 Å². The summed E-state index contributed by atoms with van der Waals surface area (Å²) < 4.78 is 26.8. The molecule has 0 radical (unpaired) electrons. The fourth-order valence-electron chi connectivity index (χ4n) is 1.14. The molecule has 0 spiro atoms. The largest absolute Gasteiger partial charge is 0.328 e. The summed E-state index contributed by atoms with van der Waals surface area (Å²) >= 11 is 3.23. The van der Waals surface area contributed by atoms with Crippen molar-refractivity contribution >= 4 is 26.0 Å². The number of halogens is 1. The molecule has 0 bridgehead atoms. The molecule has 6 heteroatoms. The normalized spacial score (nSPS) is 13.7. The third-order valence-corrected chi connectivity index (χ3v) is 3.95. The first-order chi connectivity index (χ1) is 7.42. The van der Waals surface area contributed by atoms with Crippen LogP contribution >= 0.6 is 15.9 Å². The predicted octanol–water partition coefficient (Wildman–Crippen LogP) is 1.46. The highest BCUT2D eigenvalue weighted by Crippen LogP contribution is 2.15. The molecule has 90 valence electrons. The van der Waals surface area contributed by atoms with Gasteiger partial charge in [-0.15, -0.1) is 0 Å². The van der Waals surface area contributed by atoms with Crippen LogP contribution in [0.1, 0.15) is 13.3 Å². The van der Waals surface area contributed by atoms with Crippen LogP contribution < -0.4 is 10.5 Å². The van der Waals surface area contributed by atoms with E-state index in [0.29, 0.717) is 13.0 Å². The van der Waals surface area contributed by atoms with Crippen LogP contribution in [0, 0.1) is 0 Å². The highest BCUT2D eigenvalue weighted by atomic mass is 79.9. The van der Waals surface area contributed by atoms with E-state index < -0.39 is 10.0 Å². The van der Waals surface area contributed by atoms with Gasteiger partial charge in [0.05, 0.1) is 4.90 Å². The number of benzene rings is 1. The third kappa shape index (κ3) is 4.21. The number of nitrogens with one attached hydrogen (secondary N) is 1. The highest BCUT2D eigenvalue weighted by Gasteiger charge is 2.13. The average Bonchev–Trinajstić information content (AvgIpc) is 2.16. The molecule has 0 aliphatic carbocycles. The van der Waals surface area contributed by atoms with Crippen LogP contribution in [0.4, 0.5) is 0 Å². The summed E-state index contributed by atoms with van der Waals surface area (Å²) in [6.45, 7) is 2.19. The molecule has 0 heterocycles. The minimum atomic E-state index is -3.41. The monoisotopic (exact) mass is 306 g/mol. The fraction of sp³-hybridized carbons (Fsp3) is 0.400. The van der Waals surface area contributed by atoms with Gasteiger partial charge in [-0.3, -0.25) is 0 Å². The molecule has 1 atom stereocenters. The molecule has 1 unspecified atom stereocenters. The van der Waals surface area contributed by atoms with E-state index in [1.807, 2.05) is 6.92 Å². The molecule has 0 amide bonds. The van der Waals surface area contributed by atoms with Crippen molar-refractivity contribution in [1.82, 2.24) is 4.72 Å². The molecule has 1 aromatic carbocycles. The van der Waals surface area contributed by atoms with Gasteiger partial charge in [0.1, 0.15) is 0 Å². The number of hydrogen-bond donors (Lipinski definition) is 2. The number of nitrogens with two attached hydrogens (primary N) is 1. The molecule has 16 heavy (non-hydrogen) atoms. The zero-order valence-corrected chi connectivity index (χ0v) is 11.4. The van der Waals surface area contributed by atoms with Gasteiger partial charge in [-0.2, -0.15) is 0 Å². The first-order valence-corrected chi connectivity index (χ1v) is 7.20. The smallest absolute Gasteiger partial charge is 0.240 e. The third-order valence-electron chi connectivity index (χ3n) is 2.00. The molecular weight excluding hydrogens is 292 g/mol. The van der Waals surface area contributed by atoms with Crippen molar-refractivity contribution in [3.8, 4) is 0 Å². The van der Waals surface area contributed by atoms with Gasteiger partial charge in [-0.1, -0.05) is 22.0 Å². The second-order valence-corrected chi connectivity index (χ2v) is 6.30. The Bertz CT molecular complexity index is 446. The maximum atomic E-state index is 11.8. The summed E-state index contributed by atoms with van der Waals surface area (Å²) in [6, 6.07) is 6.57. The van der Waals surface area contributed by atoms with Crippen LogP contribution in [0.2, 0.25) is 0 Å². The summed E-state index contributed by atoms with van der Waals surface area (Å²) in [5.41, 5.74) is 5.54. The van der Waals surface area contributed by atoms with Crippen molar-refractivity contribution in [2.75, 3.05) is 6.54 Å². The summed E-state index contributed by atoms with van der Waals surface area (Å²) in [4.78, 5) is 0.256. The van der Waals surface area contributed by atoms with E-state index in [2.05, 4.69) is 20.7 Å². The molecule has 1 rings (SSSR count). The van der Waals surface area contributed by atoms with E-state index in [1.165, 1.54) is 0 Å². The molecule has 0 fully saturated rings. The Labute approximate surface area is 104 Å². The second-order valence-electron chi connectivity index (χ2n) is 3.62. The standard InChI is InChI=1S/C10H15BrN2O2S/c1-8(12)5-6-13-16(14,15)10-4-2-3-9(11)7-10/h2-4,7-8,13H,5-6,12H2,1H3. The van der Waals surface area contributed by atoms with Crippen molar-refractivity contribution in [2.45, 2.75) is 24.3 Å². The van der Waals surface area contributed by atoms with Crippen molar-refractivity contribution in [3.05, 3.63) is 28.7 Å². The maximum absolute atomic E-state index is 11.8. The van der Waals surface area contributed by atoms with E-state index in [-0.39, 0.29) is 10.9 Å². The topological polar surface area (TPSA) is 72.2 Å². The van der Waals surface area contributed by atoms with Crippen molar-refractivity contribution < 1.29 is 8.42 Å². The molecule has 1 aromatic rings. The second kappa shape index (κ2) is 5.77. The quantitative estimate of drug-likeness (QED) is 0.865. The Morgan fingerprint density at radius 1 is 1.50 bits per heavy atom. The first kappa shape index (κ1) is 13.6. The lowest BCUT2D eigenvalue weighted by Crippen LogP contribution is -2.29. The van der Waals surface area contributed by atoms with Crippen LogP contribution in [0.15, 0.2) is 33.6 Å². The first-order valence-electron chi connectivity index (χ1n) is 4.92. The lowest BCUT2D eigenvalue weighted by molar-refractivity contribution is 0.572. The molecule has 0 aliphatic rings. The van der Waals surface area contributed by atoms with Gasteiger partial charge in [0, 0.05) is 17.1 Å². The van der Waals surface area contributed by atoms with Gasteiger partial charge in [-0.25, -0.2) is 13.1 Å². The van der Waals surface area contributed by atoms with Crippen molar-refractivity contribution in [2.24, 2.45) is 5.73 Å². The highest BCUT2D eigenvalue weighted by molar-refractivity contribution is 9.10. The van der Waals surface area contributed by atoms with Crippen LogP contribution in [0.3, 0.4) is 0 Å². The van der Waals surface area contributed by atoms with E-state index in [9.17, 15) is 8.42 Å². The Kier molecular flexibility index (Phi) is 4.91. The Hall–Kier alpha value is -0.430. The van der Waals surface area contributed by atoms with Gasteiger partial charge < -0.3 is 5.73 Å². The zero-order chi connectivity index (χ0) is 12.2. The van der Waals surface area contributed by atoms with E-state index in [4.69, 9.17) is 5.73 Å². The van der Waals surface area contributed by atoms with Gasteiger partial charge >= 0.3 is 0 Å². The molecule has 4 nitrogen and oxygen atoms in total. The Balaban J connectivity index is 2.71. The number of hydrogen-bond acceptors (Lipinski definition) is 3. The lowest BCUT2D eigenvalue weighted by atomic mass is 10.3. The van der Waals surface area contributed by atoms with E-state index in [1.54, 1.807) is 24.3 Å². The van der Waals surface area contributed by atoms with Gasteiger partial charge in [-0.05, 0) is 31.5 Å². The lowest BCUT2D eigenvalue weighted by Gasteiger charge is -2.08. The molecule has 3 N–H and O–H groups in total. The minimum Gasteiger partial charge on any atom is -0.328 e. The van der Waals surface area contributed by atoms with Crippen LogP contribution in [0.5, 0.6) is 0 Å². The SMILES string of the molecule is CC(N)CCNS(=O)(=O)c1cccc(Br)c1. The van der Waals surface area contributed by atoms with Crippen LogP contribution in [-0.2, 0) is 10.0 Å². The summed E-state index contributed by atoms with van der Waals surface area (Å²) in [5, 5.41) is 0. The van der Waals surface area contributed by atoms with Crippen LogP contribution in [-0.4, -0.2) is 21.0 Å². The molecule has 0 saturated carbocycles. The molecule has 0 saturated heterocycles. The predicted molar refractivity (Wildman–Crippen MR) is 67.6 cm³/mol. The van der Waals surface area contributed by atoms with Crippen molar-refractivity contribution in [1.29, 1.82) is 0 Å². The number of sulfonamides is 1. The molecule has 0 aromatic heterocycles. The maximum Gasteiger partial charge on any atom is 0.240 e. The van der Waals surface area contributed by atoms with E-state index in [0.717, 1.165) is 4.47 Å². The number of rotatable bonds is 5.